The first-order valence-electron chi connectivity index (χ1n) is 12.2. The van der Waals surface area contributed by atoms with Gasteiger partial charge in [-0.2, -0.15) is 30.6 Å². The van der Waals surface area contributed by atoms with Gasteiger partial charge in [-0.25, -0.2) is 17.2 Å². The van der Waals surface area contributed by atoms with E-state index in [4.69, 9.17) is 11.6 Å². The topological polar surface area (TPSA) is 60.9 Å². The molecule has 0 aromatic heterocycles. The molecule has 40 heavy (non-hydrogen) atoms. The van der Waals surface area contributed by atoms with Crippen molar-refractivity contribution in [3.8, 4) is 11.1 Å². The zero-order valence-electron chi connectivity index (χ0n) is 21.2. The number of rotatable bonds is 6. The summed E-state index contributed by atoms with van der Waals surface area (Å²) in [5.74, 6) is -1.96. The van der Waals surface area contributed by atoms with Crippen LogP contribution in [0, 0.1) is 11.6 Å². The Bertz CT molecular complexity index is 1400. The fraction of sp³-hybridized carbons (Fsp3) is 0.520. The van der Waals surface area contributed by atoms with Crippen molar-refractivity contribution in [2.24, 2.45) is 0 Å². The van der Waals surface area contributed by atoms with Gasteiger partial charge in [0.15, 0.2) is 0 Å². The first-order chi connectivity index (χ1) is 18.3. The molecule has 0 aliphatic carbocycles. The largest absolute Gasteiger partial charge is 0.430 e. The summed E-state index contributed by atoms with van der Waals surface area (Å²) >= 11 is 6.04. The molecule has 0 saturated carbocycles. The molecule has 3 aliphatic heterocycles. The van der Waals surface area contributed by atoms with Crippen molar-refractivity contribution in [3.05, 3.63) is 57.6 Å². The Morgan fingerprint density at radius 3 is 2.15 bits per heavy atom. The lowest BCUT2D eigenvalue weighted by Gasteiger charge is -2.45. The molecule has 3 saturated heterocycles. The van der Waals surface area contributed by atoms with Crippen LogP contribution >= 0.6 is 11.6 Å². The van der Waals surface area contributed by atoms with Crippen LogP contribution < -0.4 is 0 Å². The van der Waals surface area contributed by atoms with E-state index in [1.807, 2.05) is 0 Å². The van der Waals surface area contributed by atoms with Crippen molar-refractivity contribution in [2.45, 2.75) is 62.8 Å². The summed E-state index contributed by atoms with van der Waals surface area (Å²) in [6.07, 6.45) is -10.0. The van der Waals surface area contributed by atoms with Crippen LogP contribution in [-0.2, 0) is 28.6 Å². The summed E-state index contributed by atoms with van der Waals surface area (Å²) in [7, 11) is -3.44. The normalized spacial score (nSPS) is 21.3. The number of nitrogens with zero attached hydrogens (tertiary/aromatic N) is 2. The summed E-state index contributed by atoms with van der Waals surface area (Å²) in [6, 6.07) is 1.81. The third kappa shape index (κ3) is 5.21. The van der Waals surface area contributed by atoms with E-state index in [0.717, 1.165) is 18.4 Å². The lowest BCUT2D eigenvalue weighted by Crippen LogP contribution is -2.58. The quantitative estimate of drug-likeness (QED) is 0.417. The molecule has 2 bridgehead atoms. The summed E-state index contributed by atoms with van der Waals surface area (Å²) in [5, 5.41) is 8.97. The van der Waals surface area contributed by atoms with Crippen molar-refractivity contribution in [1.82, 2.24) is 9.21 Å². The first kappa shape index (κ1) is 30.9. The van der Waals surface area contributed by atoms with Crippen molar-refractivity contribution in [2.75, 3.05) is 19.3 Å². The Labute approximate surface area is 230 Å². The third-order valence-corrected chi connectivity index (χ3v) is 9.22. The molecule has 2 aromatic rings. The minimum absolute atomic E-state index is 0.0197. The number of fused-ring (bicyclic) bond motifs is 3. The second-order valence-corrected chi connectivity index (χ2v) is 12.4. The Hall–Kier alpha value is -2.00. The highest BCUT2D eigenvalue weighted by Crippen LogP contribution is 2.51. The minimum Gasteiger partial charge on any atom is -0.369 e. The molecule has 3 aliphatic rings. The minimum atomic E-state index is -6.13. The predicted octanol–water partition coefficient (Wildman–Crippen LogP) is 5.77. The van der Waals surface area contributed by atoms with E-state index in [2.05, 4.69) is 0 Å². The van der Waals surface area contributed by atoms with Crippen molar-refractivity contribution < 1.29 is 48.6 Å². The second-order valence-electron chi connectivity index (χ2n) is 10.1. The number of sulfonamides is 1. The molecule has 2 unspecified atom stereocenters. The Balaban J connectivity index is 1.69. The maximum atomic E-state index is 15.7. The van der Waals surface area contributed by atoms with Gasteiger partial charge in [0.05, 0.1) is 6.26 Å². The summed E-state index contributed by atoms with van der Waals surface area (Å²) in [6.45, 7) is 2.01. The SMILES string of the molecule is CCc1c(-c2ccc(C(O)(C(F)(F)F)C(F)(F)F)cc2Cl)cc(F)c(CN2CCC3CC(C2)N3S(C)(=O)=O)c1F. The molecule has 1 N–H and O–H groups in total. The van der Waals surface area contributed by atoms with Crippen molar-refractivity contribution >= 4 is 21.6 Å². The molecule has 3 heterocycles. The summed E-state index contributed by atoms with van der Waals surface area (Å²) < 4.78 is 136. The van der Waals surface area contributed by atoms with E-state index in [0.29, 0.717) is 25.5 Å². The highest BCUT2D eigenvalue weighted by molar-refractivity contribution is 7.88. The fourth-order valence-corrected chi connectivity index (χ4v) is 7.31. The molecule has 15 heteroatoms. The average Bonchev–Trinajstić information content (AvgIpc) is 3.11. The van der Waals surface area contributed by atoms with Gasteiger partial charge in [-0.3, -0.25) is 4.90 Å². The second kappa shape index (κ2) is 10.4. The molecule has 2 atom stereocenters. The van der Waals surface area contributed by atoms with Crippen LogP contribution in [0.3, 0.4) is 0 Å². The number of hydrogen-bond acceptors (Lipinski definition) is 4. The zero-order chi connectivity index (χ0) is 30.0. The summed E-state index contributed by atoms with van der Waals surface area (Å²) in [5.41, 5.74) is -7.57. The highest BCUT2D eigenvalue weighted by Gasteiger charge is 2.71. The Morgan fingerprint density at radius 1 is 1.00 bits per heavy atom. The van der Waals surface area contributed by atoms with Gasteiger partial charge in [-0.05, 0) is 42.5 Å². The number of benzene rings is 2. The van der Waals surface area contributed by atoms with Gasteiger partial charge in [0, 0.05) is 53.4 Å². The van der Waals surface area contributed by atoms with Crippen LogP contribution in [0.15, 0.2) is 24.3 Å². The fourth-order valence-electron chi connectivity index (χ4n) is 5.60. The van der Waals surface area contributed by atoms with Gasteiger partial charge >= 0.3 is 12.4 Å². The van der Waals surface area contributed by atoms with E-state index in [-0.39, 0.29) is 59.9 Å². The number of halogens is 9. The number of alkyl halides is 6. The molecule has 0 spiro atoms. The van der Waals surface area contributed by atoms with E-state index in [1.54, 1.807) is 4.90 Å². The predicted molar refractivity (Wildman–Crippen MR) is 131 cm³/mol. The van der Waals surface area contributed by atoms with E-state index >= 15 is 8.78 Å². The van der Waals surface area contributed by atoms with Gasteiger partial charge in [0.1, 0.15) is 11.6 Å². The van der Waals surface area contributed by atoms with Crippen LogP contribution in [0.2, 0.25) is 5.02 Å². The van der Waals surface area contributed by atoms with Crippen LogP contribution in [-0.4, -0.2) is 66.5 Å². The first-order valence-corrected chi connectivity index (χ1v) is 14.4. The van der Waals surface area contributed by atoms with Crippen LogP contribution in [0.25, 0.3) is 11.1 Å². The molecule has 0 radical (unpaired) electrons. The maximum Gasteiger partial charge on any atom is 0.430 e. The van der Waals surface area contributed by atoms with Crippen LogP contribution in [0.1, 0.15) is 36.5 Å². The molecule has 5 nitrogen and oxygen atoms in total. The van der Waals surface area contributed by atoms with Gasteiger partial charge in [0.25, 0.3) is 5.60 Å². The molecule has 3 fully saturated rings. The van der Waals surface area contributed by atoms with Gasteiger partial charge < -0.3 is 5.11 Å². The van der Waals surface area contributed by atoms with Gasteiger partial charge in [-0.1, -0.05) is 30.7 Å². The van der Waals surface area contributed by atoms with Gasteiger partial charge in [-0.15, -0.1) is 0 Å². The van der Waals surface area contributed by atoms with E-state index in [1.165, 1.54) is 11.2 Å². The summed E-state index contributed by atoms with van der Waals surface area (Å²) in [4.78, 5) is 1.74. The van der Waals surface area contributed by atoms with Crippen molar-refractivity contribution in [3.63, 3.8) is 0 Å². The molecule has 5 rings (SSSR count). The molecule has 2 aromatic carbocycles. The highest BCUT2D eigenvalue weighted by atomic mass is 35.5. The van der Waals surface area contributed by atoms with Crippen LogP contribution in [0.5, 0.6) is 0 Å². The monoisotopic (exact) mass is 620 g/mol. The van der Waals surface area contributed by atoms with Gasteiger partial charge in [0.2, 0.25) is 10.0 Å². The lowest BCUT2D eigenvalue weighted by molar-refractivity contribution is -0.376. The van der Waals surface area contributed by atoms with Crippen molar-refractivity contribution in [1.29, 1.82) is 0 Å². The lowest BCUT2D eigenvalue weighted by atomic mass is 9.89. The van der Waals surface area contributed by atoms with E-state index < -0.39 is 50.2 Å². The Morgan fingerprint density at radius 2 is 1.62 bits per heavy atom. The molecular formula is C25H25ClF8N2O3S. The number of aliphatic hydroxyl groups is 1. The third-order valence-electron chi connectivity index (χ3n) is 7.54. The van der Waals surface area contributed by atoms with E-state index in [9.17, 15) is 39.9 Å². The molecule has 222 valence electrons. The number of hydrogen-bond donors (Lipinski definition) is 1. The molecular weight excluding hydrogens is 596 g/mol. The average molecular weight is 621 g/mol. The Kier molecular flexibility index (Phi) is 8.02. The standard InChI is InChI=1S/C25H25ClF8N2O3S/c1-3-16-18(17-5-4-13(8-20(17)26)23(37,24(29,30)31)25(32,33)34)10-21(27)19(22(16)28)12-35-7-6-14-9-15(11-35)36(14)40(2,38)39/h4-5,8,10,14-15,37H,3,6-7,9,11-12H2,1-2H3. The molecule has 0 amide bonds. The smallest absolute Gasteiger partial charge is 0.369 e. The zero-order valence-corrected chi connectivity index (χ0v) is 22.7. The van der Waals surface area contributed by atoms with Crippen LogP contribution in [0.4, 0.5) is 35.1 Å². The maximum absolute atomic E-state index is 15.7.